The van der Waals surface area contributed by atoms with Gasteiger partial charge in [-0.3, -0.25) is 4.98 Å². The zero-order chi connectivity index (χ0) is 21.7. The van der Waals surface area contributed by atoms with Gasteiger partial charge in [-0.1, -0.05) is 35.9 Å². The van der Waals surface area contributed by atoms with Crippen molar-refractivity contribution in [2.24, 2.45) is 0 Å². The van der Waals surface area contributed by atoms with E-state index in [4.69, 9.17) is 11.6 Å². The summed E-state index contributed by atoms with van der Waals surface area (Å²) in [6.45, 7) is 3.64. The van der Waals surface area contributed by atoms with E-state index in [1.165, 1.54) is 23.5 Å². The summed E-state index contributed by atoms with van der Waals surface area (Å²) >= 11 is 7.51. The number of aromatic nitrogens is 1. The Hall–Kier alpha value is -2.60. The maximum Gasteiger partial charge on any atom is 0.133 e. The maximum atomic E-state index is 14.8. The molecular formula is C24H20ClF2NOS. The highest BCUT2D eigenvalue weighted by Crippen LogP contribution is 2.42. The first-order valence-corrected chi connectivity index (χ1v) is 10.5. The molecule has 0 amide bonds. The molecule has 2 heterocycles. The van der Waals surface area contributed by atoms with Gasteiger partial charge < -0.3 is 5.11 Å². The van der Waals surface area contributed by atoms with Crippen molar-refractivity contribution in [3.05, 3.63) is 111 Å². The second-order valence-electron chi connectivity index (χ2n) is 6.45. The van der Waals surface area contributed by atoms with E-state index in [0.29, 0.717) is 26.6 Å². The second kappa shape index (κ2) is 9.94. The predicted octanol–water partition coefficient (Wildman–Crippen LogP) is 7.24. The van der Waals surface area contributed by atoms with Gasteiger partial charge in [0.15, 0.2) is 0 Å². The fraction of sp³-hybridized carbons (Fsp3) is 0.125. The maximum absolute atomic E-state index is 14.8. The Morgan fingerprint density at radius 2 is 1.97 bits per heavy atom. The highest BCUT2D eigenvalue weighted by atomic mass is 35.5. The molecule has 2 nitrogen and oxygen atoms in total. The number of aliphatic hydroxyl groups excluding tert-OH is 1. The summed E-state index contributed by atoms with van der Waals surface area (Å²) in [5.74, 6) is -1.37. The van der Waals surface area contributed by atoms with Crippen LogP contribution < -0.4 is 0 Å². The van der Waals surface area contributed by atoms with Crippen LogP contribution in [0, 0.1) is 11.6 Å². The molecule has 0 bridgehead atoms. The van der Waals surface area contributed by atoms with Crippen molar-refractivity contribution in [1.82, 2.24) is 4.98 Å². The third-order valence-electron chi connectivity index (χ3n) is 4.54. The first kappa shape index (κ1) is 22.1. The fourth-order valence-electron chi connectivity index (χ4n) is 3.23. The van der Waals surface area contributed by atoms with Crippen LogP contribution >= 0.6 is 22.9 Å². The van der Waals surface area contributed by atoms with E-state index in [1.807, 2.05) is 19.1 Å². The molecule has 0 saturated heterocycles. The molecule has 154 valence electrons. The van der Waals surface area contributed by atoms with Crippen LogP contribution in [0.4, 0.5) is 8.78 Å². The summed E-state index contributed by atoms with van der Waals surface area (Å²) in [5, 5.41) is 11.4. The van der Waals surface area contributed by atoms with Gasteiger partial charge in [0.2, 0.25) is 0 Å². The average molecular weight is 444 g/mol. The van der Waals surface area contributed by atoms with Crippen molar-refractivity contribution in [1.29, 1.82) is 0 Å². The highest BCUT2D eigenvalue weighted by Gasteiger charge is 2.25. The van der Waals surface area contributed by atoms with Crippen LogP contribution in [-0.4, -0.2) is 10.1 Å². The summed E-state index contributed by atoms with van der Waals surface area (Å²) in [6.07, 6.45) is 7.39. The predicted molar refractivity (Wildman–Crippen MR) is 120 cm³/mol. The topological polar surface area (TPSA) is 33.1 Å². The number of nitrogens with zero attached hydrogens (tertiary/aromatic N) is 1. The Kier molecular flexibility index (Phi) is 7.32. The normalized spacial score (nSPS) is 14.1. The van der Waals surface area contributed by atoms with Crippen molar-refractivity contribution in [3.8, 4) is 0 Å². The number of aliphatic hydroxyl groups is 1. The largest absolute Gasteiger partial charge is 0.384 e. The van der Waals surface area contributed by atoms with Crippen molar-refractivity contribution in [3.63, 3.8) is 0 Å². The first-order valence-electron chi connectivity index (χ1n) is 9.29. The van der Waals surface area contributed by atoms with Gasteiger partial charge in [0, 0.05) is 40.0 Å². The minimum absolute atomic E-state index is 0.189. The molecule has 30 heavy (non-hydrogen) atoms. The summed E-state index contributed by atoms with van der Waals surface area (Å²) in [7, 11) is 0. The molecule has 1 N–H and O–H groups in total. The lowest BCUT2D eigenvalue weighted by molar-refractivity contribution is 0.221. The van der Waals surface area contributed by atoms with Crippen LogP contribution in [0.1, 0.15) is 36.0 Å². The van der Waals surface area contributed by atoms with E-state index in [2.05, 4.69) is 4.98 Å². The summed E-state index contributed by atoms with van der Waals surface area (Å²) < 4.78 is 28.9. The Balaban J connectivity index is 2.35. The Morgan fingerprint density at radius 1 is 1.17 bits per heavy atom. The minimum atomic E-state index is -1.10. The Labute approximate surface area is 183 Å². The number of benzene rings is 1. The smallest absolute Gasteiger partial charge is 0.133 e. The molecular weight excluding hydrogens is 424 g/mol. The number of halogens is 3. The van der Waals surface area contributed by atoms with E-state index in [1.54, 1.807) is 49.7 Å². The molecule has 0 aliphatic heterocycles. The van der Waals surface area contributed by atoms with Crippen LogP contribution in [0.15, 0.2) is 78.7 Å². The number of hydrogen-bond donors (Lipinski definition) is 1. The molecule has 1 unspecified atom stereocenters. The zero-order valence-electron chi connectivity index (χ0n) is 16.4. The van der Waals surface area contributed by atoms with Gasteiger partial charge >= 0.3 is 0 Å². The third-order valence-corrected chi connectivity index (χ3v) is 5.80. The zero-order valence-corrected chi connectivity index (χ0v) is 18.0. The molecule has 1 atom stereocenters. The van der Waals surface area contributed by atoms with Gasteiger partial charge in [0.25, 0.3) is 0 Å². The van der Waals surface area contributed by atoms with Crippen LogP contribution in [0.3, 0.4) is 0 Å². The van der Waals surface area contributed by atoms with Crippen molar-refractivity contribution < 1.29 is 13.9 Å². The van der Waals surface area contributed by atoms with Crippen LogP contribution in [0.25, 0.3) is 11.1 Å². The number of hydrogen-bond acceptors (Lipinski definition) is 3. The van der Waals surface area contributed by atoms with E-state index in [0.717, 1.165) is 10.9 Å². The first-order chi connectivity index (χ1) is 14.5. The SMILES string of the molecule is C\C=C/C(=C(\C(=C/C)c1ccc(Cl)s1)C(O)c1cccnc1)c1ccc(F)cc1F. The lowest BCUT2D eigenvalue weighted by Gasteiger charge is -2.22. The number of pyridine rings is 1. The Morgan fingerprint density at radius 3 is 2.53 bits per heavy atom. The molecule has 2 aromatic heterocycles. The number of rotatable bonds is 6. The number of thiophene rings is 1. The number of allylic oxidation sites excluding steroid dienone is 4. The van der Waals surface area contributed by atoms with Crippen molar-refractivity contribution >= 4 is 34.1 Å². The van der Waals surface area contributed by atoms with Gasteiger partial charge in [-0.15, -0.1) is 11.3 Å². The van der Waals surface area contributed by atoms with Gasteiger partial charge in [0.1, 0.15) is 17.7 Å². The monoisotopic (exact) mass is 443 g/mol. The molecule has 0 aliphatic carbocycles. The molecule has 3 rings (SSSR count). The summed E-state index contributed by atoms with van der Waals surface area (Å²) in [5.41, 5.74) is 2.38. The van der Waals surface area contributed by atoms with Crippen LogP contribution in [-0.2, 0) is 0 Å². The standard InChI is InChI=1S/C24H20ClF2NOS/c1-3-6-19(18-9-8-16(26)13-20(18)27)23(24(29)15-7-5-12-28-14-15)17(4-2)21-10-11-22(25)30-21/h3-14,24,29H,1-2H3/b6-3-,17-4-,23-19-. The van der Waals surface area contributed by atoms with Gasteiger partial charge in [0.05, 0.1) is 4.34 Å². The summed E-state index contributed by atoms with van der Waals surface area (Å²) in [6, 6.07) is 10.5. The van der Waals surface area contributed by atoms with E-state index >= 15 is 0 Å². The summed E-state index contributed by atoms with van der Waals surface area (Å²) in [4.78, 5) is 4.92. The minimum Gasteiger partial charge on any atom is -0.384 e. The molecule has 1 aromatic carbocycles. The molecule has 6 heteroatoms. The van der Waals surface area contributed by atoms with Crippen LogP contribution in [0.5, 0.6) is 0 Å². The Bertz CT molecular complexity index is 1120. The molecule has 0 radical (unpaired) electrons. The average Bonchev–Trinajstić information content (AvgIpc) is 3.17. The molecule has 3 aromatic rings. The third kappa shape index (κ3) is 4.75. The quantitative estimate of drug-likeness (QED) is 0.407. The van der Waals surface area contributed by atoms with Crippen molar-refractivity contribution in [2.75, 3.05) is 0 Å². The highest BCUT2D eigenvalue weighted by molar-refractivity contribution is 7.17. The lowest BCUT2D eigenvalue weighted by atomic mass is 9.87. The molecule has 0 fully saturated rings. The van der Waals surface area contributed by atoms with Gasteiger partial charge in [-0.05, 0) is 55.3 Å². The molecule has 0 aliphatic rings. The molecule has 0 saturated carbocycles. The van der Waals surface area contributed by atoms with E-state index in [9.17, 15) is 13.9 Å². The fourth-order valence-corrected chi connectivity index (χ4v) is 4.37. The van der Waals surface area contributed by atoms with Crippen molar-refractivity contribution in [2.45, 2.75) is 20.0 Å². The van der Waals surface area contributed by atoms with Crippen LogP contribution in [0.2, 0.25) is 4.34 Å². The van der Waals surface area contributed by atoms with E-state index < -0.39 is 17.7 Å². The van der Waals surface area contributed by atoms with Gasteiger partial charge in [-0.2, -0.15) is 0 Å². The van der Waals surface area contributed by atoms with Gasteiger partial charge in [-0.25, -0.2) is 8.78 Å². The molecule has 0 spiro atoms. The van der Waals surface area contributed by atoms with E-state index in [-0.39, 0.29) is 5.56 Å². The lowest BCUT2D eigenvalue weighted by Crippen LogP contribution is -2.07. The second-order valence-corrected chi connectivity index (χ2v) is 8.16.